The summed E-state index contributed by atoms with van der Waals surface area (Å²) in [5.74, 6) is -0.686. The van der Waals surface area contributed by atoms with Gasteiger partial charge in [-0.15, -0.1) is 0 Å². The number of carbonyl (C=O) groups is 2. The number of ether oxygens (including phenoxy) is 2. The lowest BCUT2D eigenvalue weighted by atomic mass is 10.2. The van der Waals surface area contributed by atoms with Crippen molar-refractivity contribution in [2.75, 3.05) is 13.7 Å². The molecule has 12 heteroatoms. The Balaban J connectivity index is 1.61. The largest absolute Gasteiger partial charge is 0.504 e. The number of hydrazine groups is 1. The first-order chi connectivity index (χ1) is 14.8. The van der Waals surface area contributed by atoms with Crippen LogP contribution >= 0.6 is 24.0 Å². The van der Waals surface area contributed by atoms with Gasteiger partial charge in [-0.1, -0.05) is 17.8 Å². The van der Waals surface area contributed by atoms with Crippen molar-refractivity contribution in [2.45, 2.75) is 0 Å². The number of hydrogen-bond acceptors (Lipinski definition) is 9. The van der Waals surface area contributed by atoms with E-state index in [0.29, 0.717) is 5.56 Å². The van der Waals surface area contributed by atoms with E-state index in [1.54, 1.807) is 18.2 Å². The fraction of sp³-hybridized carbons (Fsp3) is 0.105. The number of nitrogens with one attached hydrogen (secondary N) is 1. The monoisotopic (exact) mass is 461 g/mol. The van der Waals surface area contributed by atoms with Gasteiger partial charge in [0, 0.05) is 12.1 Å². The number of phenols is 1. The van der Waals surface area contributed by atoms with E-state index in [0.717, 1.165) is 16.8 Å². The van der Waals surface area contributed by atoms with Gasteiger partial charge in [0.1, 0.15) is 5.75 Å². The van der Waals surface area contributed by atoms with Gasteiger partial charge in [-0.25, -0.2) is 0 Å². The molecule has 0 bridgehead atoms. The van der Waals surface area contributed by atoms with E-state index in [-0.39, 0.29) is 32.2 Å². The van der Waals surface area contributed by atoms with Gasteiger partial charge < -0.3 is 14.6 Å². The second-order valence-electron chi connectivity index (χ2n) is 6.02. The average Bonchev–Trinajstić information content (AvgIpc) is 3.01. The third kappa shape index (κ3) is 5.29. The van der Waals surface area contributed by atoms with E-state index in [1.807, 2.05) is 0 Å². The maximum absolute atomic E-state index is 12.6. The summed E-state index contributed by atoms with van der Waals surface area (Å²) in [7, 11) is 1.41. The topological polar surface area (TPSA) is 131 Å². The van der Waals surface area contributed by atoms with E-state index in [2.05, 4.69) is 5.43 Å². The van der Waals surface area contributed by atoms with Crippen LogP contribution in [0.4, 0.5) is 5.69 Å². The van der Waals surface area contributed by atoms with Crippen LogP contribution in [0.25, 0.3) is 6.08 Å². The van der Waals surface area contributed by atoms with E-state index in [9.17, 15) is 24.8 Å². The van der Waals surface area contributed by atoms with Crippen LogP contribution in [-0.4, -0.2) is 44.9 Å². The molecule has 160 valence electrons. The SMILES string of the molecule is COc1cc(C=C2SC(=S)N(NC(=O)COc3ccc([N+](=O)[O-])cc3)C2=O)ccc1O. The van der Waals surface area contributed by atoms with Crippen LogP contribution < -0.4 is 14.9 Å². The van der Waals surface area contributed by atoms with E-state index >= 15 is 0 Å². The molecule has 0 unspecified atom stereocenters. The van der Waals surface area contributed by atoms with Crippen LogP contribution in [0.1, 0.15) is 5.56 Å². The number of thiocarbonyl (C=S) groups is 1. The minimum absolute atomic E-state index is 0.0347. The van der Waals surface area contributed by atoms with Gasteiger partial charge in [0.15, 0.2) is 22.4 Å². The molecule has 2 N–H and O–H groups in total. The van der Waals surface area contributed by atoms with Crippen LogP contribution in [0.15, 0.2) is 47.4 Å². The first-order valence-corrected chi connectivity index (χ1v) is 9.82. The second kappa shape index (κ2) is 9.45. The van der Waals surface area contributed by atoms with Crippen LogP contribution in [0, 0.1) is 10.1 Å². The highest BCUT2D eigenvalue weighted by Crippen LogP contribution is 2.33. The molecular formula is C19H15N3O7S2. The molecule has 0 aromatic heterocycles. The van der Waals surface area contributed by atoms with Gasteiger partial charge in [-0.2, -0.15) is 5.01 Å². The predicted molar refractivity (Wildman–Crippen MR) is 116 cm³/mol. The number of hydrogen-bond donors (Lipinski definition) is 2. The lowest BCUT2D eigenvalue weighted by molar-refractivity contribution is -0.384. The van der Waals surface area contributed by atoms with Crippen LogP contribution in [0.3, 0.4) is 0 Å². The fourth-order valence-electron chi connectivity index (χ4n) is 2.47. The third-order valence-corrected chi connectivity index (χ3v) is 5.25. The molecule has 0 saturated carbocycles. The molecular weight excluding hydrogens is 446 g/mol. The van der Waals surface area contributed by atoms with Crippen molar-refractivity contribution in [3.63, 3.8) is 0 Å². The number of nitrogens with zero attached hydrogens (tertiary/aromatic N) is 2. The van der Waals surface area contributed by atoms with E-state index < -0.39 is 23.3 Å². The van der Waals surface area contributed by atoms with Gasteiger partial charge in [-0.3, -0.25) is 25.1 Å². The lowest BCUT2D eigenvalue weighted by Crippen LogP contribution is -2.46. The Bertz CT molecular complexity index is 1090. The van der Waals surface area contributed by atoms with Crippen molar-refractivity contribution in [3.8, 4) is 17.2 Å². The maximum Gasteiger partial charge on any atom is 0.285 e. The van der Waals surface area contributed by atoms with Gasteiger partial charge in [0.05, 0.1) is 16.9 Å². The Hall–Kier alpha value is -3.64. The highest BCUT2D eigenvalue weighted by Gasteiger charge is 2.33. The fourth-order valence-corrected chi connectivity index (χ4v) is 3.65. The molecule has 0 radical (unpaired) electrons. The highest BCUT2D eigenvalue weighted by molar-refractivity contribution is 8.26. The number of thioether (sulfide) groups is 1. The van der Waals surface area contributed by atoms with Crippen molar-refractivity contribution in [1.29, 1.82) is 0 Å². The van der Waals surface area contributed by atoms with Gasteiger partial charge in [0.25, 0.3) is 17.5 Å². The molecule has 0 atom stereocenters. The summed E-state index contributed by atoms with van der Waals surface area (Å²) in [5.41, 5.74) is 2.87. The zero-order valence-electron chi connectivity index (χ0n) is 15.9. The Labute approximate surface area is 185 Å². The van der Waals surface area contributed by atoms with Gasteiger partial charge in [-0.05, 0) is 48.1 Å². The molecule has 1 saturated heterocycles. The molecule has 3 rings (SSSR count). The molecule has 0 spiro atoms. The van der Waals surface area contributed by atoms with E-state index in [1.165, 1.54) is 37.4 Å². The summed E-state index contributed by atoms with van der Waals surface area (Å²) >= 11 is 6.16. The third-order valence-electron chi connectivity index (χ3n) is 3.95. The maximum atomic E-state index is 12.6. The standard InChI is InChI=1S/C19H15N3O7S2/c1-28-15-8-11(2-7-14(15)23)9-16-18(25)21(19(30)31-16)20-17(24)10-29-13-5-3-12(4-6-13)22(26)27/h2-9,23H,10H2,1H3,(H,20,24). The average molecular weight is 461 g/mol. The summed E-state index contributed by atoms with van der Waals surface area (Å²) in [6, 6.07) is 9.80. The van der Waals surface area contributed by atoms with Gasteiger partial charge in [0.2, 0.25) is 0 Å². The molecule has 1 fully saturated rings. The number of carbonyl (C=O) groups excluding carboxylic acids is 2. The number of phenolic OH excluding ortho intramolecular Hbond substituents is 1. The normalized spacial score (nSPS) is 14.6. The highest BCUT2D eigenvalue weighted by atomic mass is 32.2. The molecule has 0 aliphatic carbocycles. The molecule has 1 heterocycles. The Morgan fingerprint density at radius 2 is 2.03 bits per heavy atom. The summed E-state index contributed by atoms with van der Waals surface area (Å²) in [6.07, 6.45) is 1.56. The van der Waals surface area contributed by atoms with Crippen LogP contribution in [0.5, 0.6) is 17.2 Å². The molecule has 10 nitrogen and oxygen atoms in total. The molecule has 1 aliphatic heterocycles. The van der Waals surface area contributed by atoms with Crippen molar-refractivity contribution in [3.05, 3.63) is 63.0 Å². The Morgan fingerprint density at radius 3 is 2.68 bits per heavy atom. The van der Waals surface area contributed by atoms with Crippen molar-refractivity contribution >= 4 is 51.9 Å². The van der Waals surface area contributed by atoms with Crippen molar-refractivity contribution in [1.82, 2.24) is 10.4 Å². The zero-order valence-corrected chi connectivity index (χ0v) is 17.6. The molecule has 31 heavy (non-hydrogen) atoms. The Kier molecular flexibility index (Phi) is 6.72. The zero-order chi connectivity index (χ0) is 22.5. The predicted octanol–water partition coefficient (Wildman–Crippen LogP) is 2.62. The smallest absolute Gasteiger partial charge is 0.285 e. The summed E-state index contributed by atoms with van der Waals surface area (Å²) < 4.78 is 10.4. The minimum Gasteiger partial charge on any atom is -0.504 e. The number of rotatable bonds is 7. The quantitative estimate of drug-likeness (QED) is 0.276. The van der Waals surface area contributed by atoms with Crippen LogP contribution in [0.2, 0.25) is 0 Å². The second-order valence-corrected chi connectivity index (χ2v) is 7.70. The molecule has 2 aromatic carbocycles. The summed E-state index contributed by atoms with van der Waals surface area (Å²) in [5, 5.41) is 21.3. The number of nitro groups is 1. The number of nitro benzene ring substituents is 1. The van der Waals surface area contributed by atoms with Gasteiger partial charge >= 0.3 is 0 Å². The number of amides is 2. The van der Waals surface area contributed by atoms with Crippen molar-refractivity contribution in [2.24, 2.45) is 0 Å². The molecule has 1 aliphatic rings. The first kappa shape index (κ1) is 22.1. The number of aromatic hydroxyl groups is 1. The molecule has 2 aromatic rings. The van der Waals surface area contributed by atoms with E-state index in [4.69, 9.17) is 21.7 Å². The van der Waals surface area contributed by atoms with Crippen LogP contribution in [-0.2, 0) is 9.59 Å². The number of benzene rings is 2. The number of non-ortho nitro benzene ring substituents is 1. The molecule has 2 amide bonds. The summed E-state index contributed by atoms with van der Waals surface area (Å²) in [6.45, 7) is -0.428. The lowest BCUT2D eigenvalue weighted by Gasteiger charge is -2.15. The minimum atomic E-state index is -0.637. The first-order valence-electron chi connectivity index (χ1n) is 8.60. The Morgan fingerprint density at radius 1 is 1.32 bits per heavy atom. The summed E-state index contributed by atoms with van der Waals surface area (Å²) in [4.78, 5) is 35.1. The number of methoxy groups -OCH3 is 1. The van der Waals surface area contributed by atoms with Crippen molar-refractivity contribution < 1.29 is 29.1 Å².